The molecule has 3 heterocycles. The minimum Gasteiger partial charge on any atom is -0.356 e. The van der Waals surface area contributed by atoms with Gasteiger partial charge in [-0.15, -0.1) is 11.3 Å². The van der Waals surface area contributed by atoms with E-state index in [2.05, 4.69) is 9.97 Å². The number of hydrogen-bond donors (Lipinski definition) is 1. The number of aryl methyl sites for hydroxylation is 1. The number of likely N-dealkylation sites (tertiary alicyclic amines) is 1. The second-order valence-electron chi connectivity index (χ2n) is 5.07. The average Bonchev–Trinajstić information content (AvgIpc) is 3.07. The van der Waals surface area contributed by atoms with Crippen molar-refractivity contribution in [2.24, 2.45) is 0 Å². The molecule has 1 fully saturated rings. The van der Waals surface area contributed by atoms with Gasteiger partial charge in [-0.25, -0.2) is 4.98 Å². The Hall–Kier alpha value is -1.33. The summed E-state index contributed by atoms with van der Waals surface area (Å²) in [6.45, 7) is 2.76. The third-order valence-corrected chi connectivity index (χ3v) is 4.85. The van der Waals surface area contributed by atoms with Crippen molar-refractivity contribution in [1.29, 1.82) is 0 Å². The van der Waals surface area contributed by atoms with Gasteiger partial charge in [0.05, 0.1) is 11.1 Å². The van der Waals surface area contributed by atoms with E-state index < -0.39 is 0 Å². The summed E-state index contributed by atoms with van der Waals surface area (Å²) in [6, 6.07) is 1.78. The minimum absolute atomic E-state index is 0.00875. The first-order chi connectivity index (χ1) is 9.65. The number of nitrogens with zero attached hydrogens (tertiary/aromatic N) is 2. The number of halogens is 1. The van der Waals surface area contributed by atoms with Crippen LogP contribution in [0.1, 0.15) is 46.5 Å². The molecule has 1 N–H and O–H groups in total. The quantitative estimate of drug-likeness (QED) is 0.917. The summed E-state index contributed by atoms with van der Waals surface area (Å²) in [6.07, 6.45) is 4.80. The molecule has 0 bridgehead atoms. The standard InChI is InChI=1S/C14H16ClN3OS/c1-9-8-20-13(17-9)12-4-2-3-5-18(12)14(19)11-6-10(15)7-16-11/h6-8,12,16H,2-5H2,1H3/t12-/m0/s1. The normalized spacial score (nSPS) is 19.3. The lowest BCUT2D eigenvalue weighted by Crippen LogP contribution is -2.38. The molecule has 0 saturated carbocycles. The Morgan fingerprint density at radius 2 is 2.40 bits per heavy atom. The van der Waals surface area contributed by atoms with Crippen LogP contribution in [0.3, 0.4) is 0 Å². The monoisotopic (exact) mass is 309 g/mol. The van der Waals surface area contributed by atoms with Crippen LogP contribution in [0.15, 0.2) is 17.6 Å². The van der Waals surface area contributed by atoms with E-state index in [1.54, 1.807) is 23.6 Å². The molecule has 106 valence electrons. The molecule has 2 aromatic heterocycles. The zero-order valence-electron chi connectivity index (χ0n) is 11.2. The Labute approximate surface area is 126 Å². The van der Waals surface area contributed by atoms with E-state index in [4.69, 9.17) is 11.6 Å². The number of aromatic nitrogens is 2. The molecule has 0 aromatic carbocycles. The number of H-pyrrole nitrogens is 1. The number of piperidine rings is 1. The lowest BCUT2D eigenvalue weighted by Gasteiger charge is -2.34. The minimum atomic E-state index is 0.00875. The van der Waals surface area contributed by atoms with Gasteiger partial charge in [-0.05, 0) is 32.3 Å². The Balaban J connectivity index is 1.87. The van der Waals surface area contributed by atoms with Crippen LogP contribution in [-0.4, -0.2) is 27.3 Å². The van der Waals surface area contributed by atoms with E-state index >= 15 is 0 Å². The average molecular weight is 310 g/mol. The first-order valence-electron chi connectivity index (χ1n) is 6.72. The molecule has 0 aliphatic carbocycles. The van der Waals surface area contributed by atoms with Gasteiger partial charge in [-0.2, -0.15) is 0 Å². The summed E-state index contributed by atoms with van der Waals surface area (Å²) in [5, 5.41) is 3.64. The first-order valence-corrected chi connectivity index (χ1v) is 7.98. The highest BCUT2D eigenvalue weighted by atomic mass is 35.5. The van der Waals surface area contributed by atoms with Crippen LogP contribution < -0.4 is 0 Å². The van der Waals surface area contributed by atoms with Gasteiger partial charge in [0, 0.05) is 23.8 Å². The fraction of sp³-hybridized carbons (Fsp3) is 0.429. The molecule has 6 heteroatoms. The van der Waals surface area contributed by atoms with E-state index in [0.717, 1.165) is 36.5 Å². The second-order valence-corrected chi connectivity index (χ2v) is 6.39. The third kappa shape index (κ3) is 2.60. The van der Waals surface area contributed by atoms with Gasteiger partial charge in [0.1, 0.15) is 10.7 Å². The molecule has 20 heavy (non-hydrogen) atoms. The number of carbonyl (C=O) groups is 1. The summed E-state index contributed by atoms with van der Waals surface area (Å²) in [4.78, 5) is 22.0. The van der Waals surface area contributed by atoms with Crippen LogP contribution in [0, 0.1) is 6.92 Å². The fourth-order valence-corrected chi connectivity index (χ4v) is 3.71. The highest BCUT2D eigenvalue weighted by Crippen LogP contribution is 2.33. The Morgan fingerprint density at radius 3 is 3.05 bits per heavy atom. The van der Waals surface area contributed by atoms with Crippen molar-refractivity contribution < 1.29 is 4.79 Å². The van der Waals surface area contributed by atoms with Crippen molar-refractivity contribution in [3.8, 4) is 0 Å². The molecule has 0 unspecified atom stereocenters. The SMILES string of the molecule is Cc1csc([C@@H]2CCCCN2C(=O)c2cc(Cl)c[nH]2)n1. The van der Waals surface area contributed by atoms with Gasteiger partial charge in [0.25, 0.3) is 5.91 Å². The molecule has 0 radical (unpaired) electrons. The largest absolute Gasteiger partial charge is 0.356 e. The summed E-state index contributed by atoms with van der Waals surface area (Å²) in [7, 11) is 0. The maximum atomic E-state index is 12.6. The van der Waals surface area contributed by atoms with Crippen LogP contribution in [0.25, 0.3) is 0 Å². The number of thiazole rings is 1. The smallest absolute Gasteiger partial charge is 0.270 e. The molecule has 3 rings (SSSR count). The topological polar surface area (TPSA) is 49.0 Å². The highest BCUT2D eigenvalue weighted by Gasteiger charge is 2.31. The predicted octanol–water partition coefficient (Wildman–Crippen LogP) is 3.80. The summed E-state index contributed by atoms with van der Waals surface area (Å²) < 4.78 is 0. The van der Waals surface area contributed by atoms with E-state index in [9.17, 15) is 4.79 Å². The Morgan fingerprint density at radius 1 is 1.55 bits per heavy atom. The van der Waals surface area contributed by atoms with E-state index in [1.165, 1.54) is 0 Å². The van der Waals surface area contributed by atoms with Crippen LogP contribution in [0.4, 0.5) is 0 Å². The van der Waals surface area contributed by atoms with Gasteiger partial charge >= 0.3 is 0 Å². The molecular weight excluding hydrogens is 294 g/mol. The van der Waals surface area contributed by atoms with Crippen molar-refractivity contribution >= 4 is 28.8 Å². The van der Waals surface area contributed by atoms with Gasteiger partial charge in [0.2, 0.25) is 0 Å². The molecule has 1 saturated heterocycles. The molecule has 2 aromatic rings. The Bertz CT molecular complexity index is 621. The van der Waals surface area contributed by atoms with Crippen molar-refractivity contribution in [2.75, 3.05) is 6.54 Å². The third-order valence-electron chi connectivity index (χ3n) is 3.56. The zero-order valence-corrected chi connectivity index (χ0v) is 12.8. The van der Waals surface area contributed by atoms with Gasteiger partial charge in [-0.3, -0.25) is 4.79 Å². The van der Waals surface area contributed by atoms with Gasteiger partial charge < -0.3 is 9.88 Å². The Kier molecular flexibility index (Phi) is 3.81. The molecule has 0 spiro atoms. The second kappa shape index (κ2) is 5.58. The van der Waals surface area contributed by atoms with Gasteiger partial charge in [0.15, 0.2) is 0 Å². The molecule has 1 aliphatic heterocycles. The van der Waals surface area contributed by atoms with Crippen molar-refractivity contribution in [3.05, 3.63) is 39.1 Å². The maximum Gasteiger partial charge on any atom is 0.270 e. The van der Waals surface area contributed by atoms with Gasteiger partial charge in [-0.1, -0.05) is 11.6 Å². The number of aromatic amines is 1. The predicted molar refractivity (Wildman–Crippen MR) is 80.3 cm³/mol. The lowest BCUT2D eigenvalue weighted by molar-refractivity contribution is 0.0605. The molecule has 4 nitrogen and oxygen atoms in total. The van der Waals surface area contributed by atoms with Crippen molar-refractivity contribution in [2.45, 2.75) is 32.2 Å². The number of hydrogen-bond acceptors (Lipinski definition) is 3. The zero-order chi connectivity index (χ0) is 14.1. The van der Waals surface area contributed by atoms with E-state index in [1.807, 2.05) is 17.2 Å². The van der Waals surface area contributed by atoms with Crippen molar-refractivity contribution in [1.82, 2.24) is 14.9 Å². The molecule has 1 atom stereocenters. The van der Waals surface area contributed by atoms with E-state index in [-0.39, 0.29) is 11.9 Å². The van der Waals surface area contributed by atoms with Crippen LogP contribution in [-0.2, 0) is 0 Å². The van der Waals surface area contributed by atoms with Crippen LogP contribution in [0.2, 0.25) is 5.02 Å². The first kappa shape index (κ1) is 13.6. The number of carbonyl (C=O) groups excluding carboxylic acids is 1. The molecule has 1 amide bonds. The highest BCUT2D eigenvalue weighted by molar-refractivity contribution is 7.09. The molecule has 1 aliphatic rings. The van der Waals surface area contributed by atoms with Crippen LogP contribution in [0.5, 0.6) is 0 Å². The van der Waals surface area contributed by atoms with Crippen molar-refractivity contribution in [3.63, 3.8) is 0 Å². The number of amides is 1. The lowest BCUT2D eigenvalue weighted by atomic mass is 10.0. The van der Waals surface area contributed by atoms with E-state index in [0.29, 0.717) is 10.7 Å². The summed E-state index contributed by atoms with van der Waals surface area (Å²) in [5.74, 6) is 0.00875. The maximum absolute atomic E-state index is 12.6. The number of nitrogens with one attached hydrogen (secondary N) is 1. The summed E-state index contributed by atoms with van der Waals surface area (Å²) in [5.41, 5.74) is 1.57. The summed E-state index contributed by atoms with van der Waals surface area (Å²) >= 11 is 7.52. The van der Waals surface area contributed by atoms with Crippen LogP contribution >= 0.6 is 22.9 Å². The fourth-order valence-electron chi connectivity index (χ4n) is 2.60. The molecular formula is C14H16ClN3OS. The number of rotatable bonds is 2.